The first-order valence-electron chi connectivity index (χ1n) is 6.85. The van der Waals surface area contributed by atoms with Crippen molar-refractivity contribution in [3.8, 4) is 5.75 Å². The van der Waals surface area contributed by atoms with E-state index in [9.17, 15) is 9.59 Å². The summed E-state index contributed by atoms with van der Waals surface area (Å²) in [6.45, 7) is 3.45. The highest BCUT2D eigenvalue weighted by molar-refractivity contribution is 6.02. The van der Waals surface area contributed by atoms with Gasteiger partial charge in [-0.1, -0.05) is 6.92 Å². The van der Waals surface area contributed by atoms with E-state index in [2.05, 4.69) is 5.32 Å². The molecule has 0 saturated carbocycles. The molecule has 22 heavy (non-hydrogen) atoms. The van der Waals surface area contributed by atoms with Gasteiger partial charge in [0.15, 0.2) is 12.4 Å². The Morgan fingerprint density at radius 2 is 1.95 bits per heavy atom. The van der Waals surface area contributed by atoms with Crippen molar-refractivity contribution in [2.24, 2.45) is 0 Å². The maximum absolute atomic E-state index is 12.1. The molecule has 2 rings (SSSR count). The van der Waals surface area contributed by atoms with Crippen LogP contribution in [0.25, 0.3) is 0 Å². The number of carbonyl (C=O) groups excluding carboxylic acids is 1. The summed E-state index contributed by atoms with van der Waals surface area (Å²) >= 11 is 0. The first-order chi connectivity index (χ1) is 10.5. The van der Waals surface area contributed by atoms with E-state index >= 15 is 0 Å². The monoisotopic (exact) mass is 303 g/mol. The lowest BCUT2D eigenvalue weighted by Gasteiger charge is -2.06. The fourth-order valence-electron chi connectivity index (χ4n) is 1.95. The van der Waals surface area contributed by atoms with Crippen LogP contribution >= 0.6 is 0 Å². The van der Waals surface area contributed by atoms with E-state index in [-0.39, 0.29) is 11.7 Å². The number of ether oxygens (including phenoxy) is 1. The van der Waals surface area contributed by atoms with Crippen molar-refractivity contribution in [2.75, 3.05) is 11.9 Å². The van der Waals surface area contributed by atoms with E-state index in [1.807, 2.05) is 13.8 Å². The van der Waals surface area contributed by atoms with Crippen molar-refractivity contribution in [3.05, 3.63) is 47.4 Å². The van der Waals surface area contributed by atoms with E-state index in [1.165, 1.54) is 0 Å². The van der Waals surface area contributed by atoms with E-state index in [0.29, 0.717) is 11.4 Å². The summed E-state index contributed by atoms with van der Waals surface area (Å²) in [5.41, 5.74) is 1.52. The van der Waals surface area contributed by atoms with E-state index < -0.39 is 12.6 Å². The van der Waals surface area contributed by atoms with Crippen molar-refractivity contribution in [1.82, 2.24) is 0 Å². The van der Waals surface area contributed by atoms with E-state index in [0.717, 1.165) is 17.7 Å². The number of carbonyl (C=O) groups is 2. The molecule has 0 fully saturated rings. The van der Waals surface area contributed by atoms with Crippen molar-refractivity contribution in [1.29, 1.82) is 0 Å². The molecule has 0 aliphatic rings. The zero-order chi connectivity index (χ0) is 16.1. The van der Waals surface area contributed by atoms with Crippen LogP contribution in [-0.4, -0.2) is 23.6 Å². The molecule has 0 aliphatic heterocycles. The quantitative estimate of drug-likeness (QED) is 0.856. The summed E-state index contributed by atoms with van der Waals surface area (Å²) < 4.78 is 10.5. The Bertz CT molecular complexity index is 672. The molecule has 116 valence electrons. The van der Waals surface area contributed by atoms with Gasteiger partial charge in [0.1, 0.15) is 11.5 Å². The molecule has 2 N–H and O–H groups in total. The molecular weight excluding hydrogens is 286 g/mol. The molecule has 6 heteroatoms. The number of carboxylic acids is 1. The van der Waals surface area contributed by atoms with Crippen molar-refractivity contribution in [3.63, 3.8) is 0 Å². The van der Waals surface area contributed by atoms with E-state index in [4.69, 9.17) is 14.3 Å². The lowest BCUT2D eigenvalue weighted by atomic mass is 10.2. The normalized spacial score (nSPS) is 10.3. The highest BCUT2D eigenvalue weighted by atomic mass is 16.5. The van der Waals surface area contributed by atoms with Crippen molar-refractivity contribution >= 4 is 17.6 Å². The minimum Gasteiger partial charge on any atom is -0.482 e. The van der Waals surface area contributed by atoms with Gasteiger partial charge in [0.05, 0.1) is 0 Å². The Morgan fingerprint density at radius 3 is 2.50 bits per heavy atom. The minimum atomic E-state index is -1.04. The van der Waals surface area contributed by atoms with Crippen molar-refractivity contribution in [2.45, 2.75) is 20.3 Å². The largest absolute Gasteiger partial charge is 0.482 e. The van der Waals surface area contributed by atoms with Gasteiger partial charge < -0.3 is 19.6 Å². The number of furan rings is 1. The number of carboxylic acid groups (broad SMARTS) is 1. The Kier molecular flexibility index (Phi) is 4.83. The molecule has 1 aromatic heterocycles. The van der Waals surface area contributed by atoms with Gasteiger partial charge in [-0.05, 0) is 42.8 Å². The topological polar surface area (TPSA) is 88.8 Å². The SMILES string of the molecule is CCc1oc(C(=O)Nc2ccc(OCC(=O)O)cc2)cc1C. The molecule has 2 aromatic rings. The molecule has 0 aliphatic carbocycles. The summed E-state index contributed by atoms with van der Waals surface area (Å²) in [5.74, 6) is 0.102. The molecule has 0 unspecified atom stereocenters. The predicted molar refractivity (Wildman–Crippen MR) is 80.3 cm³/mol. The first-order valence-corrected chi connectivity index (χ1v) is 6.85. The number of nitrogens with one attached hydrogen (secondary N) is 1. The van der Waals surface area contributed by atoms with Crippen LogP contribution < -0.4 is 10.1 Å². The molecule has 1 aromatic carbocycles. The lowest BCUT2D eigenvalue weighted by molar-refractivity contribution is -0.139. The van der Waals surface area contributed by atoms with Crippen LogP contribution in [-0.2, 0) is 11.2 Å². The number of aliphatic carboxylic acids is 1. The fourth-order valence-corrected chi connectivity index (χ4v) is 1.95. The average Bonchev–Trinajstić information content (AvgIpc) is 2.87. The molecule has 0 saturated heterocycles. The number of hydrogen-bond donors (Lipinski definition) is 2. The van der Waals surface area contributed by atoms with Gasteiger partial charge in [0.2, 0.25) is 0 Å². The van der Waals surface area contributed by atoms with Crippen LogP contribution in [0.5, 0.6) is 5.75 Å². The fraction of sp³-hybridized carbons (Fsp3) is 0.250. The van der Waals surface area contributed by atoms with Gasteiger partial charge in [-0.25, -0.2) is 4.79 Å². The maximum atomic E-state index is 12.1. The van der Waals surface area contributed by atoms with Crippen LogP contribution in [0, 0.1) is 6.92 Å². The van der Waals surface area contributed by atoms with Gasteiger partial charge in [0.25, 0.3) is 5.91 Å². The van der Waals surface area contributed by atoms with E-state index in [1.54, 1.807) is 30.3 Å². The van der Waals surface area contributed by atoms with Gasteiger partial charge >= 0.3 is 5.97 Å². The highest BCUT2D eigenvalue weighted by Gasteiger charge is 2.13. The van der Waals surface area contributed by atoms with Gasteiger partial charge in [-0.15, -0.1) is 0 Å². The second-order valence-corrected chi connectivity index (χ2v) is 4.73. The number of benzene rings is 1. The Morgan fingerprint density at radius 1 is 1.27 bits per heavy atom. The summed E-state index contributed by atoms with van der Waals surface area (Å²) in [7, 11) is 0. The number of aryl methyl sites for hydroxylation is 2. The second kappa shape index (κ2) is 6.80. The number of rotatable bonds is 6. The van der Waals surface area contributed by atoms with Crippen LogP contribution in [0.4, 0.5) is 5.69 Å². The highest BCUT2D eigenvalue weighted by Crippen LogP contribution is 2.19. The summed E-state index contributed by atoms with van der Waals surface area (Å²) in [4.78, 5) is 22.5. The molecule has 1 amide bonds. The molecule has 0 radical (unpaired) electrons. The summed E-state index contributed by atoms with van der Waals surface area (Å²) in [6, 6.07) is 8.14. The predicted octanol–water partition coefficient (Wildman–Crippen LogP) is 2.87. The number of hydrogen-bond acceptors (Lipinski definition) is 4. The first kappa shape index (κ1) is 15.6. The standard InChI is InChI=1S/C16H17NO5/c1-3-13-10(2)8-14(22-13)16(20)17-11-4-6-12(7-5-11)21-9-15(18)19/h4-8H,3,9H2,1-2H3,(H,17,20)(H,18,19). The van der Waals surface area contributed by atoms with Gasteiger partial charge in [-0.3, -0.25) is 4.79 Å². The molecule has 0 bridgehead atoms. The van der Waals surface area contributed by atoms with Crippen LogP contribution in [0.2, 0.25) is 0 Å². The number of amides is 1. The molecule has 1 heterocycles. The maximum Gasteiger partial charge on any atom is 0.341 e. The molecule has 0 atom stereocenters. The number of anilines is 1. The van der Waals surface area contributed by atoms with Crippen LogP contribution in [0.1, 0.15) is 28.8 Å². The Balaban J connectivity index is 2.00. The summed E-state index contributed by atoms with van der Waals surface area (Å²) in [6.07, 6.45) is 0.731. The lowest BCUT2D eigenvalue weighted by Crippen LogP contribution is -2.11. The Hall–Kier alpha value is -2.76. The molecular formula is C16H17NO5. The van der Waals surface area contributed by atoms with Gasteiger partial charge in [-0.2, -0.15) is 0 Å². The smallest absolute Gasteiger partial charge is 0.341 e. The molecule has 0 spiro atoms. The zero-order valence-electron chi connectivity index (χ0n) is 12.4. The third-order valence-electron chi connectivity index (χ3n) is 3.04. The van der Waals surface area contributed by atoms with Crippen molar-refractivity contribution < 1.29 is 23.8 Å². The van der Waals surface area contributed by atoms with Crippen LogP contribution in [0.3, 0.4) is 0 Å². The van der Waals surface area contributed by atoms with Gasteiger partial charge in [0, 0.05) is 12.1 Å². The van der Waals surface area contributed by atoms with Crippen LogP contribution in [0.15, 0.2) is 34.7 Å². The molecule has 6 nitrogen and oxygen atoms in total. The third-order valence-corrected chi connectivity index (χ3v) is 3.04. The second-order valence-electron chi connectivity index (χ2n) is 4.73. The average molecular weight is 303 g/mol. The Labute approximate surface area is 127 Å². The minimum absolute atomic E-state index is 0.264. The zero-order valence-corrected chi connectivity index (χ0v) is 12.4. The third kappa shape index (κ3) is 3.88. The summed E-state index contributed by atoms with van der Waals surface area (Å²) in [5, 5.41) is 11.2.